The zero-order valence-electron chi connectivity index (χ0n) is 8.50. The molecule has 6 nitrogen and oxygen atoms in total. The topological polar surface area (TPSA) is 106 Å². The van der Waals surface area contributed by atoms with E-state index in [1.807, 2.05) is 0 Å². The Kier molecular flexibility index (Phi) is 3.96. The van der Waals surface area contributed by atoms with Crippen molar-refractivity contribution in [1.82, 2.24) is 0 Å². The van der Waals surface area contributed by atoms with Crippen molar-refractivity contribution >= 4 is 11.6 Å². The van der Waals surface area contributed by atoms with Crippen LogP contribution in [0.1, 0.15) is 17.9 Å². The molecule has 16 heavy (non-hydrogen) atoms. The summed E-state index contributed by atoms with van der Waals surface area (Å²) in [5.74, 6) is -1.29. The van der Waals surface area contributed by atoms with Gasteiger partial charge in [0.25, 0.3) is 5.69 Å². The third kappa shape index (κ3) is 2.77. The average molecular weight is 224 g/mol. The van der Waals surface area contributed by atoms with E-state index in [9.17, 15) is 14.9 Å². The molecule has 1 aromatic rings. The minimum atomic E-state index is -0.690. The molecule has 0 heterocycles. The predicted molar refractivity (Wildman–Crippen MR) is 56.7 cm³/mol. The van der Waals surface area contributed by atoms with Crippen LogP contribution >= 0.6 is 0 Å². The number of aliphatic hydroxyl groups excluding tert-OH is 1. The second kappa shape index (κ2) is 5.22. The first-order valence-electron chi connectivity index (χ1n) is 4.70. The van der Waals surface area contributed by atoms with Crippen molar-refractivity contribution in [1.29, 1.82) is 0 Å². The minimum Gasteiger partial charge on any atom is -0.396 e. The van der Waals surface area contributed by atoms with Gasteiger partial charge in [-0.05, 0) is 12.0 Å². The highest BCUT2D eigenvalue weighted by atomic mass is 16.6. The number of benzene rings is 1. The number of hydrogen-bond acceptors (Lipinski definition) is 4. The fourth-order valence-electron chi connectivity index (χ4n) is 1.46. The minimum absolute atomic E-state index is 0.0957. The Bertz CT molecular complexity index is 406. The molecule has 1 unspecified atom stereocenters. The number of non-ortho nitro benzene ring substituents is 1. The van der Waals surface area contributed by atoms with Gasteiger partial charge in [-0.2, -0.15) is 0 Å². The summed E-state index contributed by atoms with van der Waals surface area (Å²) in [6, 6.07) is 5.70. The smallest absolute Gasteiger partial charge is 0.269 e. The molecule has 0 radical (unpaired) electrons. The number of nitro groups is 1. The Balaban J connectivity index is 3.04. The van der Waals surface area contributed by atoms with Gasteiger partial charge in [-0.3, -0.25) is 14.9 Å². The maximum Gasteiger partial charge on any atom is 0.269 e. The maximum atomic E-state index is 11.1. The molecular formula is C10H12N2O4. The second-order valence-corrected chi connectivity index (χ2v) is 3.32. The maximum absolute atomic E-state index is 11.1. The number of nitrogens with zero attached hydrogens (tertiary/aromatic N) is 1. The van der Waals surface area contributed by atoms with E-state index in [4.69, 9.17) is 10.8 Å². The molecule has 86 valence electrons. The van der Waals surface area contributed by atoms with Gasteiger partial charge in [-0.1, -0.05) is 12.1 Å². The third-order valence-corrected chi connectivity index (χ3v) is 2.24. The average Bonchev–Trinajstić information content (AvgIpc) is 2.25. The van der Waals surface area contributed by atoms with Gasteiger partial charge in [0, 0.05) is 18.7 Å². The molecule has 1 rings (SSSR count). The lowest BCUT2D eigenvalue weighted by atomic mass is 9.95. The lowest BCUT2D eigenvalue weighted by Crippen LogP contribution is -2.22. The molecule has 1 atom stereocenters. The monoisotopic (exact) mass is 224 g/mol. The van der Waals surface area contributed by atoms with E-state index < -0.39 is 16.7 Å². The summed E-state index contributed by atoms with van der Waals surface area (Å²) in [4.78, 5) is 21.1. The zero-order chi connectivity index (χ0) is 12.1. The van der Waals surface area contributed by atoms with Crippen molar-refractivity contribution < 1.29 is 14.8 Å². The molecule has 0 aromatic heterocycles. The molecule has 0 saturated carbocycles. The van der Waals surface area contributed by atoms with Crippen LogP contribution in [0.2, 0.25) is 0 Å². The zero-order valence-corrected chi connectivity index (χ0v) is 8.50. The third-order valence-electron chi connectivity index (χ3n) is 2.24. The number of primary amides is 1. The number of carbonyl (C=O) groups excluding carboxylic acids is 1. The highest BCUT2D eigenvalue weighted by molar-refractivity contribution is 5.82. The highest BCUT2D eigenvalue weighted by Crippen LogP contribution is 2.23. The first-order chi connectivity index (χ1) is 7.56. The van der Waals surface area contributed by atoms with Gasteiger partial charge in [0.2, 0.25) is 5.91 Å². The van der Waals surface area contributed by atoms with Crippen LogP contribution in [0.3, 0.4) is 0 Å². The molecular weight excluding hydrogens is 212 g/mol. The molecule has 1 amide bonds. The summed E-state index contributed by atoms with van der Waals surface area (Å²) < 4.78 is 0. The van der Waals surface area contributed by atoms with E-state index in [0.29, 0.717) is 5.56 Å². The molecule has 0 spiro atoms. The molecule has 3 N–H and O–H groups in total. The Morgan fingerprint density at radius 3 is 2.75 bits per heavy atom. The summed E-state index contributed by atoms with van der Waals surface area (Å²) in [6.07, 6.45) is 0.163. The lowest BCUT2D eigenvalue weighted by molar-refractivity contribution is -0.384. The van der Waals surface area contributed by atoms with Crippen molar-refractivity contribution in [2.75, 3.05) is 6.61 Å². The number of aliphatic hydroxyl groups is 1. The van der Waals surface area contributed by atoms with Crippen LogP contribution in [0.25, 0.3) is 0 Å². The van der Waals surface area contributed by atoms with E-state index in [0.717, 1.165) is 0 Å². The fraction of sp³-hybridized carbons (Fsp3) is 0.300. The Morgan fingerprint density at radius 1 is 1.56 bits per heavy atom. The number of hydrogen-bond donors (Lipinski definition) is 2. The fourth-order valence-corrected chi connectivity index (χ4v) is 1.46. The number of rotatable bonds is 5. The molecule has 0 bridgehead atoms. The number of nitro benzene ring substituents is 1. The Hall–Kier alpha value is -1.95. The SMILES string of the molecule is NC(=O)C(CCO)c1cccc([N+](=O)[O-])c1. The number of carbonyl (C=O) groups is 1. The van der Waals surface area contributed by atoms with Gasteiger partial charge < -0.3 is 10.8 Å². The molecule has 6 heteroatoms. The molecule has 0 aliphatic heterocycles. The normalized spacial score (nSPS) is 12.1. The van der Waals surface area contributed by atoms with Crippen molar-refractivity contribution in [2.24, 2.45) is 5.73 Å². The van der Waals surface area contributed by atoms with E-state index in [-0.39, 0.29) is 18.7 Å². The van der Waals surface area contributed by atoms with Crippen molar-refractivity contribution in [3.63, 3.8) is 0 Å². The summed E-state index contributed by atoms with van der Waals surface area (Å²) in [6.45, 7) is -0.198. The standard InChI is InChI=1S/C10H12N2O4/c11-10(14)9(4-5-13)7-2-1-3-8(6-7)12(15)16/h1-3,6,9,13H,4-5H2,(H2,11,14). The van der Waals surface area contributed by atoms with Crippen LogP contribution in [-0.4, -0.2) is 22.5 Å². The van der Waals surface area contributed by atoms with Gasteiger partial charge in [0.05, 0.1) is 10.8 Å². The summed E-state index contributed by atoms with van der Waals surface area (Å²) >= 11 is 0. The predicted octanol–water partition coefficient (Wildman–Crippen LogP) is 0.546. The van der Waals surface area contributed by atoms with E-state index in [2.05, 4.69) is 0 Å². The van der Waals surface area contributed by atoms with Crippen molar-refractivity contribution in [3.05, 3.63) is 39.9 Å². The van der Waals surface area contributed by atoms with Crippen LogP contribution in [-0.2, 0) is 4.79 Å². The molecule has 0 aliphatic rings. The van der Waals surface area contributed by atoms with E-state index >= 15 is 0 Å². The van der Waals surface area contributed by atoms with E-state index in [1.54, 1.807) is 6.07 Å². The van der Waals surface area contributed by atoms with Gasteiger partial charge in [0.1, 0.15) is 0 Å². The molecule has 0 aliphatic carbocycles. The van der Waals surface area contributed by atoms with Gasteiger partial charge in [0.15, 0.2) is 0 Å². The number of nitrogens with two attached hydrogens (primary N) is 1. The largest absolute Gasteiger partial charge is 0.396 e. The van der Waals surface area contributed by atoms with Crippen LogP contribution in [0.4, 0.5) is 5.69 Å². The Morgan fingerprint density at radius 2 is 2.25 bits per heavy atom. The first-order valence-corrected chi connectivity index (χ1v) is 4.70. The first kappa shape index (κ1) is 12.1. The highest BCUT2D eigenvalue weighted by Gasteiger charge is 2.19. The molecule has 0 fully saturated rings. The van der Waals surface area contributed by atoms with Gasteiger partial charge in [-0.25, -0.2) is 0 Å². The van der Waals surface area contributed by atoms with Crippen LogP contribution in [0.5, 0.6) is 0 Å². The quantitative estimate of drug-likeness (QED) is 0.562. The van der Waals surface area contributed by atoms with Crippen molar-refractivity contribution in [3.8, 4) is 0 Å². The van der Waals surface area contributed by atoms with Crippen LogP contribution in [0, 0.1) is 10.1 Å². The molecule has 1 aromatic carbocycles. The second-order valence-electron chi connectivity index (χ2n) is 3.32. The summed E-state index contributed by atoms with van der Waals surface area (Å²) in [7, 11) is 0. The summed E-state index contributed by atoms with van der Waals surface area (Å²) in [5, 5.41) is 19.3. The molecule has 0 saturated heterocycles. The van der Waals surface area contributed by atoms with Crippen LogP contribution < -0.4 is 5.73 Å². The van der Waals surface area contributed by atoms with Crippen molar-refractivity contribution in [2.45, 2.75) is 12.3 Å². The van der Waals surface area contributed by atoms with Gasteiger partial charge >= 0.3 is 0 Å². The van der Waals surface area contributed by atoms with E-state index in [1.165, 1.54) is 18.2 Å². The van der Waals surface area contributed by atoms with Gasteiger partial charge in [-0.15, -0.1) is 0 Å². The summed E-state index contributed by atoms with van der Waals surface area (Å²) in [5.41, 5.74) is 5.52. The lowest BCUT2D eigenvalue weighted by Gasteiger charge is -2.11. The van der Waals surface area contributed by atoms with Crippen LogP contribution in [0.15, 0.2) is 24.3 Å². The Labute approximate surface area is 91.8 Å². The number of amides is 1.